The number of halogens is 1. The standard InChI is InChI=1S/C15H12ClNO2S/c16-13-6-8-20-14(13)15(19)17-10-12-4-1-3-11(9-12)5-2-7-18/h1,3-4,6,8-9,18H,7,10H2,(H,17,19). The Morgan fingerprint density at radius 3 is 2.95 bits per heavy atom. The lowest BCUT2D eigenvalue weighted by molar-refractivity contribution is 0.0955. The third kappa shape index (κ3) is 3.84. The Balaban J connectivity index is 2.01. The number of hydrogen-bond acceptors (Lipinski definition) is 3. The maximum atomic E-state index is 11.9. The van der Waals surface area contributed by atoms with Crippen molar-refractivity contribution in [1.29, 1.82) is 0 Å². The smallest absolute Gasteiger partial charge is 0.263 e. The number of benzene rings is 1. The molecule has 2 rings (SSSR count). The molecule has 0 unspecified atom stereocenters. The summed E-state index contributed by atoms with van der Waals surface area (Å²) in [5.41, 5.74) is 1.75. The van der Waals surface area contributed by atoms with Crippen molar-refractivity contribution in [3.63, 3.8) is 0 Å². The topological polar surface area (TPSA) is 49.3 Å². The molecule has 2 N–H and O–H groups in total. The summed E-state index contributed by atoms with van der Waals surface area (Å²) in [6.45, 7) is 0.236. The van der Waals surface area contributed by atoms with Crippen LogP contribution in [-0.4, -0.2) is 17.6 Å². The van der Waals surface area contributed by atoms with Crippen LogP contribution in [0.4, 0.5) is 0 Å². The minimum absolute atomic E-state index is 0.169. The first kappa shape index (κ1) is 14.6. The lowest BCUT2D eigenvalue weighted by Gasteiger charge is -2.05. The highest BCUT2D eigenvalue weighted by atomic mass is 35.5. The first-order valence-electron chi connectivity index (χ1n) is 5.90. The Morgan fingerprint density at radius 2 is 2.25 bits per heavy atom. The molecule has 1 aromatic carbocycles. The van der Waals surface area contributed by atoms with Gasteiger partial charge in [0.25, 0.3) is 5.91 Å². The molecule has 20 heavy (non-hydrogen) atoms. The molecule has 0 bridgehead atoms. The van der Waals surface area contributed by atoms with E-state index in [-0.39, 0.29) is 12.5 Å². The van der Waals surface area contributed by atoms with E-state index in [1.54, 1.807) is 11.4 Å². The second-order valence-corrected chi connectivity index (χ2v) is 5.26. The van der Waals surface area contributed by atoms with Gasteiger partial charge < -0.3 is 10.4 Å². The summed E-state index contributed by atoms with van der Waals surface area (Å²) in [4.78, 5) is 12.4. The van der Waals surface area contributed by atoms with Gasteiger partial charge in [-0.25, -0.2) is 0 Å². The Bertz CT molecular complexity index is 670. The third-order valence-electron chi connectivity index (χ3n) is 2.52. The molecule has 1 amide bonds. The fourth-order valence-electron chi connectivity index (χ4n) is 1.62. The zero-order chi connectivity index (χ0) is 14.4. The summed E-state index contributed by atoms with van der Waals surface area (Å²) in [7, 11) is 0. The van der Waals surface area contributed by atoms with Crippen LogP contribution in [0.2, 0.25) is 5.02 Å². The number of carbonyl (C=O) groups excluding carboxylic acids is 1. The number of carbonyl (C=O) groups is 1. The van der Waals surface area contributed by atoms with Crippen LogP contribution < -0.4 is 5.32 Å². The summed E-state index contributed by atoms with van der Waals surface area (Å²) < 4.78 is 0. The fraction of sp³-hybridized carbons (Fsp3) is 0.133. The molecule has 0 spiro atoms. The summed E-state index contributed by atoms with van der Waals surface area (Å²) >= 11 is 7.22. The lowest BCUT2D eigenvalue weighted by atomic mass is 10.1. The molecule has 0 saturated carbocycles. The first-order valence-corrected chi connectivity index (χ1v) is 7.16. The van der Waals surface area contributed by atoms with Crippen molar-refractivity contribution in [3.8, 4) is 11.8 Å². The van der Waals surface area contributed by atoms with E-state index in [4.69, 9.17) is 16.7 Å². The van der Waals surface area contributed by atoms with Crippen LogP contribution in [0, 0.1) is 11.8 Å². The first-order chi connectivity index (χ1) is 9.70. The zero-order valence-electron chi connectivity index (χ0n) is 10.5. The number of nitrogens with one attached hydrogen (secondary N) is 1. The number of thiophene rings is 1. The van der Waals surface area contributed by atoms with E-state index in [1.165, 1.54) is 11.3 Å². The largest absolute Gasteiger partial charge is 0.384 e. The molecule has 5 heteroatoms. The highest BCUT2D eigenvalue weighted by Gasteiger charge is 2.11. The molecule has 0 fully saturated rings. The average molecular weight is 306 g/mol. The minimum Gasteiger partial charge on any atom is -0.384 e. The quantitative estimate of drug-likeness (QED) is 0.857. The monoisotopic (exact) mass is 305 g/mol. The summed E-state index contributed by atoms with van der Waals surface area (Å²) in [6, 6.07) is 9.19. The second-order valence-electron chi connectivity index (χ2n) is 3.94. The van der Waals surface area contributed by atoms with Crippen molar-refractivity contribution < 1.29 is 9.90 Å². The van der Waals surface area contributed by atoms with E-state index in [1.807, 2.05) is 24.3 Å². The zero-order valence-corrected chi connectivity index (χ0v) is 12.1. The fourth-order valence-corrected chi connectivity index (χ4v) is 2.68. The molecule has 3 nitrogen and oxygen atoms in total. The molecule has 0 atom stereocenters. The van der Waals surface area contributed by atoms with E-state index in [0.717, 1.165) is 11.1 Å². The second kappa shape index (κ2) is 7.11. The number of aliphatic hydroxyl groups is 1. The van der Waals surface area contributed by atoms with Crippen LogP contribution in [0.25, 0.3) is 0 Å². The van der Waals surface area contributed by atoms with Gasteiger partial charge in [0.05, 0.1) is 5.02 Å². The summed E-state index contributed by atoms with van der Waals surface area (Å²) in [5, 5.41) is 13.7. The molecule has 0 aliphatic rings. The summed E-state index contributed by atoms with van der Waals surface area (Å²) in [5.74, 6) is 5.23. The molecule has 0 radical (unpaired) electrons. The van der Waals surface area contributed by atoms with Gasteiger partial charge in [-0.05, 0) is 29.1 Å². The van der Waals surface area contributed by atoms with Gasteiger partial charge in [-0.15, -0.1) is 11.3 Å². The number of amides is 1. The third-order valence-corrected chi connectivity index (χ3v) is 3.86. The van der Waals surface area contributed by atoms with Gasteiger partial charge in [0, 0.05) is 12.1 Å². The van der Waals surface area contributed by atoms with E-state index in [0.29, 0.717) is 16.4 Å². The molecular weight excluding hydrogens is 294 g/mol. The van der Waals surface area contributed by atoms with E-state index in [2.05, 4.69) is 17.2 Å². The highest BCUT2D eigenvalue weighted by Crippen LogP contribution is 2.21. The number of rotatable bonds is 3. The van der Waals surface area contributed by atoms with Crippen LogP contribution in [0.15, 0.2) is 35.7 Å². The Kier molecular flexibility index (Phi) is 5.19. The Morgan fingerprint density at radius 1 is 1.40 bits per heavy atom. The van der Waals surface area contributed by atoms with Crippen molar-refractivity contribution in [2.45, 2.75) is 6.54 Å². The molecular formula is C15H12ClNO2S. The number of hydrogen-bond donors (Lipinski definition) is 2. The predicted molar refractivity (Wildman–Crippen MR) is 80.9 cm³/mol. The van der Waals surface area contributed by atoms with Crippen molar-refractivity contribution in [3.05, 3.63) is 56.7 Å². The maximum Gasteiger partial charge on any atom is 0.263 e. The molecule has 0 saturated heterocycles. The van der Waals surface area contributed by atoms with Gasteiger partial charge in [0.15, 0.2) is 0 Å². The van der Waals surface area contributed by atoms with Crippen LogP contribution in [0.1, 0.15) is 20.8 Å². The van der Waals surface area contributed by atoms with Gasteiger partial charge in [-0.2, -0.15) is 0 Å². The number of aliphatic hydroxyl groups excluding tert-OH is 1. The Labute approximate surface area is 126 Å². The van der Waals surface area contributed by atoms with Crippen molar-refractivity contribution in [2.75, 3.05) is 6.61 Å². The van der Waals surface area contributed by atoms with Crippen molar-refractivity contribution in [2.24, 2.45) is 0 Å². The maximum absolute atomic E-state index is 11.9. The van der Waals surface area contributed by atoms with Crippen molar-refractivity contribution in [1.82, 2.24) is 5.32 Å². The molecule has 0 aliphatic carbocycles. The van der Waals surface area contributed by atoms with Crippen molar-refractivity contribution >= 4 is 28.8 Å². The molecule has 2 aromatic rings. The SMILES string of the molecule is O=C(NCc1cccc(C#CCO)c1)c1sccc1Cl. The van der Waals surface area contributed by atoms with Crippen LogP contribution in [0.3, 0.4) is 0 Å². The van der Waals surface area contributed by atoms with E-state index < -0.39 is 0 Å². The van der Waals surface area contributed by atoms with Crippen LogP contribution in [-0.2, 0) is 6.54 Å². The van der Waals surface area contributed by atoms with Gasteiger partial charge >= 0.3 is 0 Å². The lowest BCUT2D eigenvalue weighted by Crippen LogP contribution is -2.22. The highest BCUT2D eigenvalue weighted by molar-refractivity contribution is 7.12. The van der Waals surface area contributed by atoms with Crippen LogP contribution >= 0.6 is 22.9 Å². The average Bonchev–Trinajstić information content (AvgIpc) is 2.89. The normalized spacial score (nSPS) is 9.70. The molecule has 1 aromatic heterocycles. The van der Waals surface area contributed by atoms with Gasteiger partial charge in [0.2, 0.25) is 0 Å². The molecule has 0 aliphatic heterocycles. The van der Waals surface area contributed by atoms with E-state index in [9.17, 15) is 4.79 Å². The summed E-state index contributed by atoms with van der Waals surface area (Å²) in [6.07, 6.45) is 0. The Hall–Kier alpha value is -1.80. The predicted octanol–water partition coefficient (Wildman–Crippen LogP) is 2.68. The van der Waals surface area contributed by atoms with Gasteiger partial charge in [-0.3, -0.25) is 4.79 Å². The van der Waals surface area contributed by atoms with Crippen LogP contribution in [0.5, 0.6) is 0 Å². The molecule has 1 heterocycles. The minimum atomic E-state index is -0.183. The van der Waals surface area contributed by atoms with E-state index >= 15 is 0 Å². The van der Waals surface area contributed by atoms with Gasteiger partial charge in [-0.1, -0.05) is 35.6 Å². The molecule has 102 valence electrons. The van der Waals surface area contributed by atoms with Gasteiger partial charge in [0.1, 0.15) is 11.5 Å².